The Labute approximate surface area is 153 Å². The topological polar surface area (TPSA) is 29.5 Å². The number of rotatable bonds is 5. The van der Waals surface area contributed by atoms with Gasteiger partial charge < -0.3 is 9.64 Å². The van der Waals surface area contributed by atoms with Crippen molar-refractivity contribution in [3.05, 3.63) is 29.8 Å². The van der Waals surface area contributed by atoms with Gasteiger partial charge in [0, 0.05) is 13.1 Å². The predicted molar refractivity (Wildman–Crippen MR) is 104 cm³/mol. The molecule has 1 aliphatic carbocycles. The number of carbonyl (C=O) groups is 1. The average molecular weight is 366 g/mol. The highest BCUT2D eigenvalue weighted by Gasteiger charge is 2.22. The SMILES string of the molecule is CN(C(=O)COc1ccc(C2SCCCS2)cc1)C1CCCCC1. The molecule has 5 heteroatoms. The molecule has 0 spiro atoms. The fraction of sp³-hybridized carbons (Fsp3) is 0.632. The normalized spacial score (nSPS) is 19.9. The minimum absolute atomic E-state index is 0.0874. The first-order valence-corrected chi connectivity index (χ1v) is 11.1. The third-order valence-corrected chi connectivity index (χ3v) is 7.87. The second-order valence-corrected chi connectivity index (χ2v) is 9.31. The summed E-state index contributed by atoms with van der Waals surface area (Å²) in [5, 5.41) is 0. The van der Waals surface area contributed by atoms with Crippen LogP contribution in [-0.4, -0.2) is 42.0 Å². The predicted octanol–water partition coefficient (Wildman–Crippen LogP) is 4.73. The van der Waals surface area contributed by atoms with Crippen LogP contribution in [-0.2, 0) is 4.79 Å². The van der Waals surface area contributed by atoms with Gasteiger partial charge in [-0.25, -0.2) is 0 Å². The first kappa shape index (κ1) is 18.0. The van der Waals surface area contributed by atoms with Gasteiger partial charge in [0.1, 0.15) is 5.75 Å². The first-order chi connectivity index (χ1) is 11.7. The highest BCUT2D eigenvalue weighted by molar-refractivity contribution is 8.16. The van der Waals surface area contributed by atoms with Gasteiger partial charge in [-0.15, -0.1) is 23.5 Å². The maximum absolute atomic E-state index is 12.3. The summed E-state index contributed by atoms with van der Waals surface area (Å²) in [6, 6.07) is 8.68. The van der Waals surface area contributed by atoms with Gasteiger partial charge in [-0.2, -0.15) is 0 Å². The second-order valence-electron chi connectivity index (χ2n) is 6.58. The standard InChI is InChI=1S/C19H27NO2S2/c1-20(16-6-3-2-4-7-16)18(21)14-22-17-10-8-15(9-11-17)19-23-12-5-13-24-19/h8-11,16,19H,2-7,12-14H2,1H3. The van der Waals surface area contributed by atoms with Crippen LogP contribution in [0.2, 0.25) is 0 Å². The van der Waals surface area contributed by atoms with Crippen LogP contribution in [0.5, 0.6) is 5.75 Å². The largest absolute Gasteiger partial charge is 0.484 e. The van der Waals surface area contributed by atoms with Crippen LogP contribution in [0.3, 0.4) is 0 Å². The minimum Gasteiger partial charge on any atom is -0.484 e. The van der Waals surface area contributed by atoms with Crippen LogP contribution in [0.25, 0.3) is 0 Å². The first-order valence-electron chi connectivity index (χ1n) is 8.95. The molecule has 0 bridgehead atoms. The monoisotopic (exact) mass is 365 g/mol. The lowest BCUT2D eigenvalue weighted by atomic mass is 9.94. The number of hydrogen-bond acceptors (Lipinski definition) is 4. The zero-order chi connectivity index (χ0) is 16.8. The fourth-order valence-electron chi connectivity index (χ4n) is 3.32. The number of thioether (sulfide) groups is 2. The zero-order valence-corrected chi connectivity index (χ0v) is 16.0. The fourth-order valence-corrected chi connectivity index (χ4v) is 6.21. The van der Waals surface area contributed by atoms with Crippen molar-refractivity contribution >= 4 is 29.4 Å². The Morgan fingerprint density at radius 2 is 1.75 bits per heavy atom. The van der Waals surface area contributed by atoms with Crippen molar-refractivity contribution in [1.29, 1.82) is 0 Å². The number of ether oxygens (including phenoxy) is 1. The van der Waals surface area contributed by atoms with Gasteiger partial charge in [-0.05, 0) is 48.5 Å². The molecular weight excluding hydrogens is 338 g/mol. The highest BCUT2D eigenvalue weighted by Crippen LogP contribution is 2.43. The van der Waals surface area contributed by atoms with E-state index in [4.69, 9.17) is 4.74 Å². The second kappa shape index (κ2) is 9.04. The van der Waals surface area contributed by atoms with Crippen LogP contribution in [0.4, 0.5) is 0 Å². The summed E-state index contributed by atoms with van der Waals surface area (Å²) in [7, 11) is 1.92. The molecule has 1 saturated heterocycles. The van der Waals surface area contributed by atoms with E-state index in [2.05, 4.69) is 12.1 Å². The van der Waals surface area contributed by atoms with Gasteiger partial charge in [0.15, 0.2) is 6.61 Å². The lowest BCUT2D eigenvalue weighted by molar-refractivity contribution is -0.134. The van der Waals surface area contributed by atoms with Gasteiger partial charge in [0.05, 0.1) is 4.58 Å². The molecule has 1 heterocycles. The number of nitrogens with zero attached hydrogens (tertiary/aromatic N) is 1. The summed E-state index contributed by atoms with van der Waals surface area (Å²) in [6.45, 7) is 0.138. The Bertz CT molecular complexity index is 523. The molecule has 1 aliphatic heterocycles. The molecule has 1 saturated carbocycles. The highest BCUT2D eigenvalue weighted by atomic mass is 32.2. The molecule has 2 aliphatic rings. The van der Waals surface area contributed by atoms with Crippen molar-refractivity contribution in [1.82, 2.24) is 4.90 Å². The van der Waals surface area contributed by atoms with Crippen molar-refractivity contribution < 1.29 is 9.53 Å². The minimum atomic E-state index is 0.0874. The zero-order valence-electron chi connectivity index (χ0n) is 14.4. The van der Waals surface area contributed by atoms with Crippen molar-refractivity contribution in [3.8, 4) is 5.75 Å². The molecule has 0 radical (unpaired) electrons. The van der Waals surface area contributed by atoms with Gasteiger partial charge in [-0.1, -0.05) is 31.4 Å². The van der Waals surface area contributed by atoms with E-state index in [-0.39, 0.29) is 12.5 Å². The lowest BCUT2D eigenvalue weighted by Gasteiger charge is -2.31. The smallest absolute Gasteiger partial charge is 0.260 e. The Kier molecular flexibility index (Phi) is 6.78. The maximum Gasteiger partial charge on any atom is 0.260 e. The average Bonchev–Trinajstić information content (AvgIpc) is 2.67. The van der Waals surface area contributed by atoms with Crippen molar-refractivity contribution in [2.75, 3.05) is 25.2 Å². The summed E-state index contributed by atoms with van der Waals surface area (Å²) in [5.74, 6) is 3.37. The molecule has 0 aromatic heterocycles. The van der Waals surface area contributed by atoms with Crippen LogP contribution in [0, 0.1) is 0 Å². The third kappa shape index (κ3) is 4.85. The van der Waals surface area contributed by atoms with Crippen LogP contribution in [0.1, 0.15) is 48.7 Å². The Morgan fingerprint density at radius 3 is 2.42 bits per heavy atom. The Morgan fingerprint density at radius 1 is 1.08 bits per heavy atom. The van der Waals surface area contributed by atoms with Crippen molar-refractivity contribution in [2.24, 2.45) is 0 Å². The van der Waals surface area contributed by atoms with E-state index in [0.717, 1.165) is 18.6 Å². The quantitative estimate of drug-likeness (QED) is 0.755. The van der Waals surface area contributed by atoms with E-state index >= 15 is 0 Å². The number of likely N-dealkylation sites (N-methyl/N-ethyl adjacent to an activating group) is 1. The van der Waals surface area contributed by atoms with Crippen molar-refractivity contribution in [2.45, 2.75) is 49.1 Å². The molecule has 132 valence electrons. The van der Waals surface area contributed by atoms with Crippen LogP contribution >= 0.6 is 23.5 Å². The molecule has 1 aromatic rings. The van der Waals surface area contributed by atoms with Crippen molar-refractivity contribution in [3.63, 3.8) is 0 Å². The van der Waals surface area contributed by atoms with E-state index < -0.39 is 0 Å². The van der Waals surface area contributed by atoms with E-state index in [1.54, 1.807) is 0 Å². The Balaban J connectivity index is 1.47. The molecule has 24 heavy (non-hydrogen) atoms. The lowest BCUT2D eigenvalue weighted by Crippen LogP contribution is -2.40. The van der Waals surface area contributed by atoms with E-state index in [0.29, 0.717) is 10.6 Å². The number of benzene rings is 1. The summed E-state index contributed by atoms with van der Waals surface area (Å²) in [5.41, 5.74) is 1.35. The molecule has 0 atom stereocenters. The summed E-state index contributed by atoms with van der Waals surface area (Å²) in [6.07, 6.45) is 7.35. The summed E-state index contributed by atoms with van der Waals surface area (Å²) < 4.78 is 6.27. The molecule has 2 fully saturated rings. The number of amides is 1. The molecule has 3 rings (SSSR count). The third-order valence-electron chi connectivity index (χ3n) is 4.86. The number of carbonyl (C=O) groups excluding carboxylic acids is 1. The Hall–Kier alpha value is -0.810. The molecule has 0 N–H and O–H groups in total. The van der Waals surface area contributed by atoms with Gasteiger partial charge in [-0.3, -0.25) is 4.79 Å². The van der Waals surface area contributed by atoms with Gasteiger partial charge in [0.25, 0.3) is 5.91 Å². The van der Waals surface area contributed by atoms with E-state index in [1.165, 1.54) is 42.8 Å². The summed E-state index contributed by atoms with van der Waals surface area (Å²) in [4.78, 5) is 14.2. The summed E-state index contributed by atoms with van der Waals surface area (Å²) >= 11 is 4.04. The number of hydrogen-bond donors (Lipinski definition) is 0. The van der Waals surface area contributed by atoms with Gasteiger partial charge in [0.2, 0.25) is 0 Å². The van der Waals surface area contributed by atoms with Crippen LogP contribution in [0.15, 0.2) is 24.3 Å². The van der Waals surface area contributed by atoms with E-state index in [1.807, 2.05) is 47.6 Å². The van der Waals surface area contributed by atoms with E-state index in [9.17, 15) is 4.79 Å². The molecule has 1 amide bonds. The molecular formula is C19H27NO2S2. The maximum atomic E-state index is 12.3. The molecule has 1 aromatic carbocycles. The molecule has 0 unspecified atom stereocenters. The molecule has 3 nitrogen and oxygen atoms in total. The van der Waals surface area contributed by atoms with Crippen LogP contribution < -0.4 is 4.74 Å². The van der Waals surface area contributed by atoms with Gasteiger partial charge >= 0.3 is 0 Å².